The molecule has 0 spiro atoms. The molecule has 0 N–H and O–H groups in total. The zero-order valence-corrected chi connectivity index (χ0v) is 12.9. The minimum Gasteiger partial charge on any atom is -0.456 e. The number of esters is 1. The minimum atomic E-state index is -0.597. The van der Waals surface area contributed by atoms with Crippen molar-refractivity contribution in [1.29, 1.82) is 0 Å². The van der Waals surface area contributed by atoms with Crippen LogP contribution in [0.5, 0.6) is 0 Å². The molecule has 3 aromatic rings. The minimum absolute atomic E-state index is 0.0226. The highest BCUT2D eigenvalue weighted by Crippen LogP contribution is 2.21. The number of carbonyl (C=O) groups excluding carboxylic acids is 1. The van der Waals surface area contributed by atoms with E-state index in [4.69, 9.17) is 27.9 Å². The fourth-order valence-corrected chi connectivity index (χ4v) is 2.52. The van der Waals surface area contributed by atoms with E-state index < -0.39 is 5.97 Å². The maximum Gasteiger partial charge on any atom is 0.358 e. The van der Waals surface area contributed by atoms with Gasteiger partial charge in [-0.1, -0.05) is 65.7 Å². The molecule has 0 amide bonds. The number of pyridine rings is 1. The summed E-state index contributed by atoms with van der Waals surface area (Å²) in [6.45, 7) is 0.144. The molecule has 0 unspecified atom stereocenters. The van der Waals surface area contributed by atoms with E-state index in [0.29, 0.717) is 0 Å². The van der Waals surface area contributed by atoms with Crippen molar-refractivity contribution in [3.8, 4) is 0 Å². The van der Waals surface area contributed by atoms with E-state index >= 15 is 0 Å². The maximum atomic E-state index is 12.1. The lowest BCUT2D eigenvalue weighted by Gasteiger charge is -2.08. The van der Waals surface area contributed by atoms with Crippen LogP contribution in [0.3, 0.4) is 0 Å². The highest BCUT2D eigenvalue weighted by Gasteiger charge is 2.15. The summed E-state index contributed by atoms with van der Waals surface area (Å²) in [4.78, 5) is 16.0. The van der Waals surface area contributed by atoms with Crippen molar-refractivity contribution in [2.24, 2.45) is 0 Å². The van der Waals surface area contributed by atoms with Crippen molar-refractivity contribution in [2.75, 3.05) is 0 Å². The molecule has 22 heavy (non-hydrogen) atoms. The predicted octanol–water partition coefficient (Wildman–Crippen LogP) is 4.90. The van der Waals surface area contributed by atoms with Gasteiger partial charge in [-0.25, -0.2) is 9.78 Å². The van der Waals surface area contributed by atoms with Crippen molar-refractivity contribution in [3.05, 3.63) is 76.0 Å². The summed E-state index contributed by atoms with van der Waals surface area (Å²) in [5.41, 5.74) is 0.944. The molecule has 0 saturated heterocycles. The van der Waals surface area contributed by atoms with Gasteiger partial charge in [0.05, 0.1) is 5.02 Å². The summed E-state index contributed by atoms with van der Waals surface area (Å²) in [6.07, 6.45) is 0. The lowest BCUT2D eigenvalue weighted by Crippen LogP contribution is -2.08. The summed E-state index contributed by atoms with van der Waals surface area (Å²) < 4.78 is 5.31. The van der Waals surface area contributed by atoms with E-state index in [2.05, 4.69) is 4.98 Å². The van der Waals surface area contributed by atoms with Crippen LogP contribution in [0.4, 0.5) is 0 Å². The normalized spacial score (nSPS) is 10.6. The van der Waals surface area contributed by atoms with Gasteiger partial charge >= 0.3 is 5.97 Å². The standard InChI is InChI=1S/C17H11Cl2NO2/c18-14-8-9-15(19)20-16(14)17(21)22-10-12-6-3-5-11-4-1-2-7-13(11)12/h1-9H,10H2. The quantitative estimate of drug-likeness (QED) is 0.506. The largest absolute Gasteiger partial charge is 0.456 e. The molecule has 0 aliphatic heterocycles. The molecular formula is C17H11Cl2NO2. The summed E-state index contributed by atoms with van der Waals surface area (Å²) in [5, 5.41) is 2.55. The second-order valence-electron chi connectivity index (χ2n) is 4.68. The van der Waals surface area contributed by atoms with Crippen LogP contribution in [0.25, 0.3) is 10.8 Å². The number of carbonyl (C=O) groups is 1. The number of nitrogens with zero attached hydrogens (tertiary/aromatic N) is 1. The van der Waals surface area contributed by atoms with Crippen LogP contribution in [0.2, 0.25) is 10.2 Å². The molecule has 5 heteroatoms. The van der Waals surface area contributed by atoms with Crippen LogP contribution in [-0.4, -0.2) is 11.0 Å². The Hall–Kier alpha value is -2.10. The Bertz CT molecular complexity index is 844. The number of aromatic nitrogens is 1. The molecule has 2 aromatic carbocycles. The molecule has 1 heterocycles. The molecule has 110 valence electrons. The lowest BCUT2D eigenvalue weighted by molar-refractivity contribution is 0.0467. The zero-order chi connectivity index (χ0) is 15.5. The van der Waals surface area contributed by atoms with E-state index in [1.165, 1.54) is 12.1 Å². The molecule has 1 aromatic heterocycles. The van der Waals surface area contributed by atoms with Crippen LogP contribution in [-0.2, 0) is 11.3 Å². The molecular weight excluding hydrogens is 321 g/mol. The predicted molar refractivity (Wildman–Crippen MR) is 87.3 cm³/mol. The van der Waals surface area contributed by atoms with E-state index in [1.54, 1.807) is 0 Å². The lowest BCUT2D eigenvalue weighted by atomic mass is 10.1. The summed E-state index contributed by atoms with van der Waals surface area (Å²) in [5.74, 6) is -0.597. The molecule has 3 rings (SSSR count). The van der Waals surface area contributed by atoms with Crippen LogP contribution in [0.15, 0.2) is 54.6 Å². The molecule has 0 radical (unpaired) electrons. The number of ether oxygens (including phenoxy) is 1. The summed E-state index contributed by atoms with van der Waals surface area (Å²) in [7, 11) is 0. The van der Waals surface area contributed by atoms with Gasteiger partial charge in [-0.2, -0.15) is 0 Å². The van der Waals surface area contributed by atoms with Gasteiger partial charge in [0.2, 0.25) is 0 Å². The number of rotatable bonds is 3. The number of hydrogen-bond donors (Lipinski definition) is 0. The van der Waals surface area contributed by atoms with Gasteiger partial charge in [0, 0.05) is 0 Å². The molecule has 0 bridgehead atoms. The van der Waals surface area contributed by atoms with Gasteiger partial charge in [-0.3, -0.25) is 0 Å². The van der Waals surface area contributed by atoms with Crippen molar-refractivity contribution < 1.29 is 9.53 Å². The monoisotopic (exact) mass is 331 g/mol. The number of benzene rings is 2. The second kappa shape index (κ2) is 6.34. The Kier molecular flexibility index (Phi) is 4.27. The third kappa shape index (κ3) is 3.06. The first-order valence-electron chi connectivity index (χ1n) is 6.61. The fourth-order valence-electron chi connectivity index (χ4n) is 2.19. The first-order chi connectivity index (χ1) is 10.6. The second-order valence-corrected chi connectivity index (χ2v) is 5.47. The Labute approximate surface area is 137 Å². The van der Waals surface area contributed by atoms with Gasteiger partial charge < -0.3 is 4.74 Å². The van der Waals surface area contributed by atoms with E-state index in [0.717, 1.165) is 16.3 Å². The van der Waals surface area contributed by atoms with Crippen LogP contribution >= 0.6 is 23.2 Å². The summed E-state index contributed by atoms with van der Waals surface area (Å²) >= 11 is 11.7. The Morgan fingerprint density at radius 1 is 1.00 bits per heavy atom. The Morgan fingerprint density at radius 3 is 2.64 bits per heavy atom. The third-order valence-corrected chi connectivity index (χ3v) is 3.76. The molecule has 0 atom stereocenters. The van der Waals surface area contributed by atoms with Gasteiger partial charge in [0.15, 0.2) is 5.69 Å². The number of halogens is 2. The van der Waals surface area contributed by atoms with Crippen LogP contribution in [0, 0.1) is 0 Å². The molecule has 3 nitrogen and oxygen atoms in total. The highest BCUT2D eigenvalue weighted by molar-refractivity contribution is 6.34. The Morgan fingerprint density at radius 2 is 1.77 bits per heavy atom. The number of hydrogen-bond acceptors (Lipinski definition) is 3. The van der Waals surface area contributed by atoms with Gasteiger partial charge in [0.1, 0.15) is 11.8 Å². The zero-order valence-electron chi connectivity index (χ0n) is 11.4. The van der Waals surface area contributed by atoms with Crippen LogP contribution in [0.1, 0.15) is 16.1 Å². The SMILES string of the molecule is O=C(OCc1cccc2ccccc12)c1nc(Cl)ccc1Cl. The Balaban J connectivity index is 1.82. The van der Waals surface area contributed by atoms with Gasteiger partial charge in [-0.15, -0.1) is 0 Å². The van der Waals surface area contributed by atoms with Crippen molar-refractivity contribution >= 4 is 39.9 Å². The molecule has 0 aliphatic rings. The van der Waals surface area contributed by atoms with Gasteiger partial charge in [0.25, 0.3) is 0 Å². The molecule has 0 saturated carbocycles. The summed E-state index contributed by atoms with van der Waals surface area (Å²) in [6, 6.07) is 16.8. The smallest absolute Gasteiger partial charge is 0.358 e. The van der Waals surface area contributed by atoms with Crippen molar-refractivity contribution in [1.82, 2.24) is 4.98 Å². The average molecular weight is 332 g/mol. The third-order valence-electron chi connectivity index (χ3n) is 3.24. The van der Waals surface area contributed by atoms with E-state index in [9.17, 15) is 4.79 Å². The first-order valence-corrected chi connectivity index (χ1v) is 7.36. The van der Waals surface area contributed by atoms with Crippen LogP contribution < -0.4 is 0 Å². The average Bonchev–Trinajstić information content (AvgIpc) is 2.54. The topological polar surface area (TPSA) is 39.2 Å². The maximum absolute atomic E-state index is 12.1. The number of fused-ring (bicyclic) bond motifs is 1. The van der Waals surface area contributed by atoms with Crippen molar-refractivity contribution in [3.63, 3.8) is 0 Å². The van der Waals surface area contributed by atoms with Crippen molar-refractivity contribution in [2.45, 2.75) is 6.61 Å². The highest BCUT2D eigenvalue weighted by atomic mass is 35.5. The fraction of sp³-hybridized carbons (Fsp3) is 0.0588. The first kappa shape index (κ1) is 14.8. The van der Waals surface area contributed by atoms with E-state index in [1.807, 2.05) is 42.5 Å². The van der Waals surface area contributed by atoms with E-state index in [-0.39, 0.29) is 22.5 Å². The molecule has 0 fully saturated rings. The molecule has 0 aliphatic carbocycles. The van der Waals surface area contributed by atoms with Gasteiger partial charge in [-0.05, 0) is 28.5 Å².